The van der Waals surface area contributed by atoms with Crippen molar-refractivity contribution < 1.29 is 43.0 Å². The van der Waals surface area contributed by atoms with E-state index in [1.165, 1.54) is 0 Å². The Labute approximate surface area is 462 Å². The number of Topliss-reactive ketones (excluding diaryl/α,β-unsaturated/α-hetero) is 1. The molecule has 4 heterocycles. The van der Waals surface area contributed by atoms with E-state index in [1.54, 1.807) is 7.11 Å². The molecule has 1 N–H and O–H groups in total. The van der Waals surface area contributed by atoms with Crippen LogP contribution in [-0.4, -0.2) is 152 Å². The summed E-state index contributed by atoms with van der Waals surface area (Å²) in [6.45, 7) is 14.5. The maximum atomic E-state index is 15.0. The highest BCUT2D eigenvalue weighted by atomic mass is 16.5. The van der Waals surface area contributed by atoms with Gasteiger partial charge in [0.25, 0.3) is 11.8 Å². The molecule has 0 unspecified atom stereocenters. The fourth-order valence-electron chi connectivity index (χ4n) is 12.2. The smallest absolute Gasteiger partial charge is 0.253 e. The number of hydrogen-bond donors (Lipinski definition) is 1. The van der Waals surface area contributed by atoms with E-state index in [0.717, 1.165) is 41.2 Å². The molecule has 0 spiro atoms. The average Bonchev–Trinajstić information content (AvgIpc) is 4.10. The Bertz CT molecular complexity index is 2650. The average molecular weight is 1070 g/mol. The number of benzene rings is 4. The van der Waals surface area contributed by atoms with Gasteiger partial charge in [0.1, 0.15) is 11.8 Å². The summed E-state index contributed by atoms with van der Waals surface area (Å²) >= 11 is 0. The first kappa shape index (κ1) is 58.2. The number of hydrogen-bond acceptors (Lipinski definition) is 9. The molecule has 4 fully saturated rings. The molecule has 0 radical (unpaired) electrons. The SMILES string of the molecule is CC[C@@H](C)C(=O)N[C@H](C(=O)N1CC[C@H](OC)[C@H]1CN(CCc1ccccc1)C(=O)c1ccc2cc(C(=O)N(CCc3ccccc3)C[C@@H]3[C@@H](C)CCN3C(=O)[C@@H](CC(=O)C(C)C)C3CCOCC3)ccc2c1)C1CCOCC1. The van der Waals surface area contributed by atoms with E-state index in [9.17, 15) is 24.0 Å². The molecule has 0 bridgehead atoms. The highest BCUT2D eigenvalue weighted by Gasteiger charge is 2.45. The third kappa shape index (κ3) is 14.4. The third-order valence-corrected chi connectivity index (χ3v) is 17.6. The number of nitrogens with one attached hydrogen (secondary N) is 1. The van der Waals surface area contributed by atoms with Crippen LogP contribution < -0.4 is 5.32 Å². The number of carbonyl (C=O) groups excluding carboxylic acids is 6. The summed E-state index contributed by atoms with van der Waals surface area (Å²) in [5.41, 5.74) is 3.19. The number of ether oxygens (including phenoxy) is 3. The van der Waals surface area contributed by atoms with Gasteiger partial charge >= 0.3 is 0 Å². The zero-order valence-electron chi connectivity index (χ0n) is 47.1. The lowest BCUT2D eigenvalue weighted by atomic mass is 9.80. The van der Waals surface area contributed by atoms with E-state index in [4.69, 9.17) is 14.2 Å². The summed E-state index contributed by atoms with van der Waals surface area (Å²) in [4.78, 5) is 93.9. The van der Waals surface area contributed by atoms with Gasteiger partial charge in [0.05, 0.1) is 18.2 Å². The van der Waals surface area contributed by atoms with E-state index >= 15 is 4.79 Å². The fraction of sp³-hybridized carbons (Fsp3) is 0.562. The minimum Gasteiger partial charge on any atom is -0.381 e. The van der Waals surface area contributed by atoms with Gasteiger partial charge in [0.2, 0.25) is 17.7 Å². The Hall–Kier alpha value is -5.96. The van der Waals surface area contributed by atoms with E-state index < -0.39 is 18.0 Å². The van der Waals surface area contributed by atoms with E-state index in [0.29, 0.717) is 109 Å². The van der Waals surface area contributed by atoms with Crippen molar-refractivity contribution in [1.29, 1.82) is 0 Å². The van der Waals surface area contributed by atoms with Crippen LogP contribution in [0.15, 0.2) is 97.1 Å². The third-order valence-electron chi connectivity index (χ3n) is 17.6. The molecular formula is C64H85N5O9. The quantitative estimate of drug-likeness (QED) is 0.0769. The van der Waals surface area contributed by atoms with Crippen molar-refractivity contribution in [2.45, 2.75) is 123 Å². The van der Waals surface area contributed by atoms with Gasteiger partial charge in [-0.25, -0.2) is 0 Å². The lowest BCUT2D eigenvalue weighted by Gasteiger charge is -2.38. The van der Waals surface area contributed by atoms with Crippen LogP contribution in [-0.2, 0) is 46.2 Å². The van der Waals surface area contributed by atoms with Crippen LogP contribution in [0.25, 0.3) is 10.8 Å². The minimum atomic E-state index is -0.715. The zero-order valence-corrected chi connectivity index (χ0v) is 47.1. The Balaban J connectivity index is 1.04. The molecule has 0 aromatic heterocycles. The topological polar surface area (TPSA) is 155 Å². The summed E-state index contributed by atoms with van der Waals surface area (Å²) in [6.07, 6.45) is 6.03. The molecule has 420 valence electrons. The van der Waals surface area contributed by atoms with Crippen LogP contribution in [0.5, 0.6) is 0 Å². The van der Waals surface area contributed by atoms with Gasteiger partial charge in [-0.2, -0.15) is 0 Å². The number of ketones is 1. The Morgan fingerprint density at radius 3 is 1.65 bits per heavy atom. The molecule has 5 amide bonds. The largest absolute Gasteiger partial charge is 0.381 e. The Morgan fingerprint density at radius 1 is 0.641 bits per heavy atom. The summed E-state index contributed by atoms with van der Waals surface area (Å²) in [5, 5.41) is 4.76. The standard InChI is InChI=1S/C64H85N5O9/c1-7-44(4)60(71)65-59(49-28-36-78-37-29-49)64(75)69-33-25-58(76-6)56(69)42-67(31-24-47-16-12-9-13-17-47)62(73)53-21-19-50-38-52(20-18-51(50)39-53)61(72)66(30-23-46-14-10-8-11-15-46)41-55-45(5)22-32-68(55)63(74)54(40-57(70)43(2)3)48-26-34-77-35-27-48/h8-21,38-39,43-45,48-49,54-56,58-59H,7,22-37,40-42H2,1-6H3,(H,65,71)/t44-,45+,54+,55-,56-,58+,59+/m1/s1. The predicted octanol–water partition coefficient (Wildman–Crippen LogP) is 8.68. The molecule has 0 aliphatic carbocycles. The highest BCUT2D eigenvalue weighted by Crippen LogP contribution is 2.35. The molecular weight excluding hydrogens is 983 g/mol. The van der Waals surface area contributed by atoms with Gasteiger partial charge in [0, 0.05) is 108 Å². The number of nitrogens with zero attached hydrogens (tertiary/aromatic N) is 4. The van der Waals surface area contributed by atoms with Gasteiger partial charge in [-0.3, -0.25) is 28.8 Å². The molecule has 4 aliphatic heterocycles. The number of fused-ring (bicyclic) bond motifs is 1. The van der Waals surface area contributed by atoms with E-state index in [-0.39, 0.29) is 90.0 Å². The first-order chi connectivity index (χ1) is 37.7. The van der Waals surface area contributed by atoms with Crippen LogP contribution in [0.3, 0.4) is 0 Å². The second-order valence-corrected chi connectivity index (χ2v) is 22.9. The Kier molecular flexibility index (Phi) is 20.7. The molecule has 4 saturated heterocycles. The Morgan fingerprint density at radius 2 is 1.14 bits per heavy atom. The number of likely N-dealkylation sites (tertiary alicyclic amines) is 2. The van der Waals surface area contributed by atoms with Gasteiger partial charge in [-0.1, -0.05) is 107 Å². The molecule has 7 atom stereocenters. The molecule has 4 aromatic carbocycles. The fourth-order valence-corrected chi connectivity index (χ4v) is 12.2. The number of amides is 5. The van der Waals surface area contributed by atoms with Gasteiger partial charge < -0.3 is 39.1 Å². The molecule has 4 aliphatic rings. The summed E-state index contributed by atoms with van der Waals surface area (Å²) in [5.74, 6) is -1.18. The maximum absolute atomic E-state index is 15.0. The molecule has 0 saturated carbocycles. The van der Waals surface area contributed by atoms with Crippen LogP contribution in [0.1, 0.15) is 118 Å². The lowest BCUT2D eigenvalue weighted by molar-refractivity contribution is -0.143. The molecule has 4 aromatic rings. The van der Waals surface area contributed by atoms with Crippen molar-refractivity contribution >= 4 is 46.1 Å². The molecule has 14 nitrogen and oxygen atoms in total. The van der Waals surface area contributed by atoms with Crippen LogP contribution >= 0.6 is 0 Å². The van der Waals surface area contributed by atoms with Crippen molar-refractivity contribution in [3.05, 3.63) is 119 Å². The summed E-state index contributed by atoms with van der Waals surface area (Å²) in [6, 6.07) is 30.0. The molecule has 78 heavy (non-hydrogen) atoms. The van der Waals surface area contributed by atoms with Gasteiger partial charge in [0.15, 0.2) is 0 Å². The van der Waals surface area contributed by atoms with Crippen LogP contribution in [0.2, 0.25) is 0 Å². The van der Waals surface area contributed by atoms with Crippen LogP contribution in [0.4, 0.5) is 0 Å². The lowest BCUT2D eigenvalue weighted by Crippen LogP contribution is -2.58. The predicted molar refractivity (Wildman–Crippen MR) is 303 cm³/mol. The first-order valence-electron chi connectivity index (χ1n) is 29.1. The van der Waals surface area contributed by atoms with Crippen molar-refractivity contribution in [3.8, 4) is 0 Å². The highest BCUT2D eigenvalue weighted by molar-refractivity contribution is 6.02. The monoisotopic (exact) mass is 1070 g/mol. The second-order valence-electron chi connectivity index (χ2n) is 22.9. The van der Waals surface area contributed by atoms with Crippen molar-refractivity contribution in [2.24, 2.45) is 35.5 Å². The van der Waals surface area contributed by atoms with E-state index in [1.807, 2.05) is 132 Å². The van der Waals surface area contributed by atoms with Gasteiger partial charge in [-0.15, -0.1) is 0 Å². The van der Waals surface area contributed by atoms with Crippen molar-refractivity contribution in [3.63, 3.8) is 0 Å². The minimum absolute atomic E-state index is 0.0182. The number of methoxy groups -OCH3 is 1. The normalized spacial score (nSPS) is 21.3. The van der Waals surface area contributed by atoms with Crippen molar-refractivity contribution in [1.82, 2.24) is 24.9 Å². The number of rotatable bonds is 23. The summed E-state index contributed by atoms with van der Waals surface area (Å²) in [7, 11) is 1.65. The summed E-state index contributed by atoms with van der Waals surface area (Å²) < 4.78 is 17.4. The van der Waals surface area contributed by atoms with Gasteiger partial charge in [-0.05, 0) is 122 Å². The van der Waals surface area contributed by atoms with Crippen LogP contribution in [0, 0.1) is 35.5 Å². The maximum Gasteiger partial charge on any atom is 0.253 e. The first-order valence-corrected chi connectivity index (χ1v) is 29.1. The zero-order chi connectivity index (χ0) is 55.3. The number of carbonyl (C=O) groups is 6. The van der Waals surface area contributed by atoms with Crippen molar-refractivity contribution in [2.75, 3.05) is 72.8 Å². The second kappa shape index (κ2) is 27.8. The molecule has 14 heteroatoms. The molecule has 8 rings (SSSR count). The van der Waals surface area contributed by atoms with E-state index in [2.05, 4.69) is 24.4 Å².